The second-order valence-corrected chi connectivity index (χ2v) is 7.73. The number of nitrogens with zero attached hydrogens (tertiary/aromatic N) is 4. The van der Waals surface area contributed by atoms with Crippen molar-refractivity contribution in [1.82, 2.24) is 25.1 Å². The summed E-state index contributed by atoms with van der Waals surface area (Å²) < 4.78 is 1.97. The molecule has 0 unspecified atom stereocenters. The maximum absolute atomic E-state index is 12.3. The third kappa shape index (κ3) is 4.87. The molecule has 30 heavy (non-hydrogen) atoms. The summed E-state index contributed by atoms with van der Waals surface area (Å²) in [5, 5.41) is 12.7. The Bertz CT molecular complexity index is 1120. The zero-order chi connectivity index (χ0) is 20.8. The maximum atomic E-state index is 12.3. The number of hydrogen-bond donors (Lipinski definition) is 1. The minimum atomic E-state index is -0.0983. The lowest BCUT2D eigenvalue weighted by atomic mass is 10.2. The van der Waals surface area contributed by atoms with Crippen molar-refractivity contribution < 1.29 is 4.79 Å². The molecular formula is C22H18ClN5OS. The molecule has 8 heteroatoms. The van der Waals surface area contributed by atoms with Gasteiger partial charge in [0, 0.05) is 24.0 Å². The van der Waals surface area contributed by atoms with E-state index in [1.807, 2.05) is 71.3 Å². The molecule has 4 rings (SSSR count). The van der Waals surface area contributed by atoms with Crippen LogP contribution >= 0.6 is 23.4 Å². The molecule has 0 fully saturated rings. The van der Waals surface area contributed by atoms with Gasteiger partial charge in [-0.3, -0.25) is 9.36 Å². The minimum absolute atomic E-state index is 0.0983. The van der Waals surface area contributed by atoms with Gasteiger partial charge in [-0.05, 0) is 23.8 Å². The number of carbonyl (C=O) groups is 1. The Labute approximate surface area is 183 Å². The third-order valence-corrected chi connectivity index (χ3v) is 5.44. The Morgan fingerprint density at radius 1 is 0.967 bits per heavy atom. The number of aromatic nitrogens is 4. The Morgan fingerprint density at radius 3 is 2.40 bits per heavy atom. The molecule has 1 N–H and O–H groups in total. The van der Waals surface area contributed by atoms with Crippen LogP contribution in [-0.4, -0.2) is 31.4 Å². The fourth-order valence-corrected chi connectivity index (χ4v) is 3.73. The van der Waals surface area contributed by atoms with Gasteiger partial charge in [0.05, 0.1) is 5.75 Å². The molecule has 0 aliphatic carbocycles. The molecule has 0 atom stereocenters. The molecule has 0 radical (unpaired) electrons. The fourth-order valence-electron chi connectivity index (χ4n) is 2.84. The molecule has 2 heterocycles. The summed E-state index contributed by atoms with van der Waals surface area (Å²) >= 11 is 7.13. The highest BCUT2D eigenvalue weighted by Gasteiger charge is 2.17. The first-order chi connectivity index (χ1) is 14.7. The van der Waals surface area contributed by atoms with Gasteiger partial charge >= 0.3 is 0 Å². The second kappa shape index (κ2) is 9.56. The van der Waals surface area contributed by atoms with Crippen molar-refractivity contribution in [2.24, 2.45) is 0 Å². The Balaban J connectivity index is 1.49. The van der Waals surface area contributed by atoms with Gasteiger partial charge in [-0.2, -0.15) is 0 Å². The van der Waals surface area contributed by atoms with Gasteiger partial charge < -0.3 is 5.32 Å². The van der Waals surface area contributed by atoms with Crippen LogP contribution in [0.5, 0.6) is 0 Å². The average molecular weight is 436 g/mol. The van der Waals surface area contributed by atoms with E-state index in [1.165, 1.54) is 11.8 Å². The number of hydrogen-bond acceptors (Lipinski definition) is 5. The molecule has 2 aromatic carbocycles. The van der Waals surface area contributed by atoms with Gasteiger partial charge in [0.2, 0.25) is 5.91 Å². The number of halogens is 1. The molecular weight excluding hydrogens is 418 g/mol. The molecule has 0 aliphatic heterocycles. The van der Waals surface area contributed by atoms with E-state index in [4.69, 9.17) is 11.6 Å². The molecule has 0 aliphatic rings. The predicted octanol–water partition coefficient (Wildman–Crippen LogP) is 4.39. The summed E-state index contributed by atoms with van der Waals surface area (Å²) in [5.74, 6) is 0.858. The van der Waals surface area contributed by atoms with E-state index in [9.17, 15) is 4.79 Å². The van der Waals surface area contributed by atoms with Gasteiger partial charge in [0.1, 0.15) is 5.15 Å². The van der Waals surface area contributed by atoms with E-state index in [0.717, 1.165) is 22.6 Å². The van der Waals surface area contributed by atoms with Crippen LogP contribution in [0.2, 0.25) is 5.15 Å². The van der Waals surface area contributed by atoms with Gasteiger partial charge in [0.15, 0.2) is 11.0 Å². The normalized spacial score (nSPS) is 10.7. The summed E-state index contributed by atoms with van der Waals surface area (Å²) in [6, 6.07) is 23.3. The lowest BCUT2D eigenvalue weighted by molar-refractivity contribution is -0.118. The minimum Gasteiger partial charge on any atom is -0.351 e. The summed E-state index contributed by atoms with van der Waals surface area (Å²) in [6.07, 6.45) is 1.65. The van der Waals surface area contributed by atoms with Gasteiger partial charge in [0.25, 0.3) is 0 Å². The summed E-state index contributed by atoms with van der Waals surface area (Å²) in [5.41, 5.74) is 2.79. The van der Waals surface area contributed by atoms with Crippen LogP contribution < -0.4 is 5.32 Å². The van der Waals surface area contributed by atoms with Crippen LogP contribution in [0.4, 0.5) is 0 Å². The van der Waals surface area contributed by atoms with Crippen molar-refractivity contribution in [3.8, 4) is 17.1 Å². The number of rotatable bonds is 7. The number of para-hydroxylation sites is 1. The standard InChI is InChI=1S/C22H18ClN5OS/c23-19-12-11-16(13-24-19)14-25-20(29)15-30-22-27-26-21(17-7-3-1-4-8-17)28(22)18-9-5-2-6-10-18/h1-13H,14-15H2,(H,25,29). The SMILES string of the molecule is O=C(CSc1nnc(-c2ccccc2)n1-c1ccccc1)NCc1ccc(Cl)nc1. The van der Waals surface area contributed by atoms with Crippen molar-refractivity contribution >= 4 is 29.3 Å². The van der Waals surface area contributed by atoms with Crippen LogP contribution in [0, 0.1) is 0 Å². The Hall–Kier alpha value is -3.16. The molecule has 0 bridgehead atoms. The highest BCUT2D eigenvalue weighted by Crippen LogP contribution is 2.27. The zero-order valence-corrected chi connectivity index (χ0v) is 17.5. The van der Waals surface area contributed by atoms with Crippen LogP contribution in [-0.2, 0) is 11.3 Å². The smallest absolute Gasteiger partial charge is 0.230 e. The summed E-state index contributed by atoms with van der Waals surface area (Å²) in [6.45, 7) is 0.393. The van der Waals surface area contributed by atoms with E-state index in [-0.39, 0.29) is 11.7 Å². The molecule has 0 saturated carbocycles. The molecule has 0 saturated heterocycles. The number of amides is 1. The zero-order valence-electron chi connectivity index (χ0n) is 15.9. The number of pyridine rings is 1. The number of thioether (sulfide) groups is 1. The van der Waals surface area contributed by atoms with E-state index in [2.05, 4.69) is 20.5 Å². The number of carbonyl (C=O) groups excluding carboxylic acids is 1. The topological polar surface area (TPSA) is 72.7 Å². The Morgan fingerprint density at radius 2 is 1.70 bits per heavy atom. The molecule has 150 valence electrons. The monoisotopic (exact) mass is 435 g/mol. The van der Waals surface area contributed by atoms with Crippen molar-refractivity contribution in [2.45, 2.75) is 11.7 Å². The highest BCUT2D eigenvalue weighted by atomic mass is 35.5. The van der Waals surface area contributed by atoms with E-state index in [1.54, 1.807) is 12.3 Å². The molecule has 6 nitrogen and oxygen atoms in total. The molecule has 4 aromatic rings. The highest BCUT2D eigenvalue weighted by molar-refractivity contribution is 7.99. The molecule has 2 aromatic heterocycles. The van der Waals surface area contributed by atoms with Crippen LogP contribution in [0.3, 0.4) is 0 Å². The Kier molecular flexibility index (Phi) is 6.41. The van der Waals surface area contributed by atoms with E-state index in [0.29, 0.717) is 16.9 Å². The van der Waals surface area contributed by atoms with Crippen molar-refractivity contribution in [3.63, 3.8) is 0 Å². The first kappa shape index (κ1) is 20.1. The fraction of sp³-hybridized carbons (Fsp3) is 0.0909. The van der Waals surface area contributed by atoms with E-state index >= 15 is 0 Å². The largest absolute Gasteiger partial charge is 0.351 e. The summed E-state index contributed by atoms with van der Waals surface area (Å²) in [4.78, 5) is 16.4. The molecule has 0 spiro atoms. The summed E-state index contributed by atoms with van der Waals surface area (Å²) in [7, 11) is 0. The first-order valence-corrected chi connectivity index (χ1v) is 10.6. The lowest BCUT2D eigenvalue weighted by Crippen LogP contribution is -2.24. The van der Waals surface area contributed by atoms with E-state index < -0.39 is 0 Å². The third-order valence-electron chi connectivity index (χ3n) is 4.29. The second-order valence-electron chi connectivity index (χ2n) is 6.40. The number of nitrogens with one attached hydrogen (secondary N) is 1. The van der Waals surface area contributed by atoms with Crippen molar-refractivity contribution in [2.75, 3.05) is 5.75 Å². The lowest BCUT2D eigenvalue weighted by Gasteiger charge is -2.10. The first-order valence-electron chi connectivity index (χ1n) is 9.27. The average Bonchev–Trinajstić information content (AvgIpc) is 3.22. The maximum Gasteiger partial charge on any atom is 0.230 e. The molecule has 1 amide bonds. The van der Waals surface area contributed by atoms with Crippen molar-refractivity contribution in [1.29, 1.82) is 0 Å². The van der Waals surface area contributed by atoms with Crippen LogP contribution in [0.25, 0.3) is 17.1 Å². The van der Waals surface area contributed by atoms with Crippen LogP contribution in [0.1, 0.15) is 5.56 Å². The van der Waals surface area contributed by atoms with Crippen molar-refractivity contribution in [3.05, 3.63) is 89.7 Å². The predicted molar refractivity (Wildman–Crippen MR) is 119 cm³/mol. The van der Waals surface area contributed by atoms with Gasteiger partial charge in [-0.1, -0.05) is 78.0 Å². The quantitative estimate of drug-likeness (QED) is 0.344. The number of benzene rings is 2. The van der Waals surface area contributed by atoms with Gasteiger partial charge in [-0.25, -0.2) is 4.98 Å². The van der Waals surface area contributed by atoms with Gasteiger partial charge in [-0.15, -0.1) is 10.2 Å². The van der Waals surface area contributed by atoms with Crippen LogP contribution in [0.15, 0.2) is 84.1 Å².